The lowest BCUT2D eigenvalue weighted by Gasteiger charge is -2.32. The van der Waals surface area contributed by atoms with Gasteiger partial charge in [-0.15, -0.1) is 0 Å². The van der Waals surface area contributed by atoms with Crippen molar-refractivity contribution in [2.45, 2.75) is 26.0 Å². The molecule has 1 saturated heterocycles. The minimum Gasteiger partial charge on any atom is -0.480 e. The van der Waals surface area contributed by atoms with Crippen LogP contribution in [0.2, 0.25) is 5.02 Å². The Morgan fingerprint density at radius 1 is 1.55 bits per heavy atom. The Bertz CT molecular complexity index is 578. The standard InChI is InChI=1S/C14H17ClN2O5/c1-8(2)22-12-10(15)5-9(6-16-12)13(18)17-3-4-21-7-11(17)14(19)20/h5-6,8,11H,3-4,7H2,1-2H3,(H,19,20)/t11-/m1/s1. The number of carbonyl (C=O) groups excluding carboxylic acids is 1. The van der Waals surface area contributed by atoms with E-state index in [9.17, 15) is 9.59 Å². The third kappa shape index (κ3) is 3.66. The second-order valence-electron chi connectivity index (χ2n) is 5.11. The zero-order valence-electron chi connectivity index (χ0n) is 12.3. The maximum atomic E-state index is 12.5. The van der Waals surface area contributed by atoms with E-state index in [-0.39, 0.29) is 35.7 Å². The van der Waals surface area contributed by atoms with Crippen molar-refractivity contribution >= 4 is 23.5 Å². The average molecular weight is 329 g/mol. The summed E-state index contributed by atoms with van der Waals surface area (Å²) in [5.41, 5.74) is 0.217. The molecule has 0 spiro atoms. The Balaban J connectivity index is 2.21. The lowest BCUT2D eigenvalue weighted by atomic mass is 10.1. The lowest BCUT2D eigenvalue weighted by molar-refractivity contribution is -0.147. The molecule has 1 aliphatic heterocycles. The van der Waals surface area contributed by atoms with Crippen LogP contribution >= 0.6 is 11.6 Å². The predicted octanol–water partition coefficient (Wildman–Crippen LogP) is 1.45. The van der Waals surface area contributed by atoms with Gasteiger partial charge in [-0.25, -0.2) is 9.78 Å². The SMILES string of the molecule is CC(C)Oc1ncc(C(=O)N2CCOC[C@@H]2C(=O)O)cc1Cl. The maximum Gasteiger partial charge on any atom is 0.328 e. The average Bonchev–Trinajstić information content (AvgIpc) is 2.48. The number of hydrogen-bond acceptors (Lipinski definition) is 5. The van der Waals surface area contributed by atoms with E-state index in [1.54, 1.807) is 0 Å². The minimum atomic E-state index is -1.10. The molecule has 1 atom stereocenters. The van der Waals surface area contributed by atoms with Crippen molar-refractivity contribution < 1.29 is 24.2 Å². The number of carboxylic acid groups (broad SMARTS) is 1. The fraction of sp³-hybridized carbons (Fsp3) is 0.500. The number of ether oxygens (including phenoxy) is 2. The molecule has 2 rings (SSSR count). The molecule has 0 aromatic carbocycles. The topological polar surface area (TPSA) is 89.0 Å². The van der Waals surface area contributed by atoms with E-state index < -0.39 is 17.9 Å². The van der Waals surface area contributed by atoms with E-state index in [1.165, 1.54) is 17.2 Å². The van der Waals surface area contributed by atoms with Gasteiger partial charge in [0, 0.05) is 12.7 Å². The molecule has 120 valence electrons. The van der Waals surface area contributed by atoms with Gasteiger partial charge in [0.15, 0.2) is 6.04 Å². The molecule has 1 fully saturated rings. The van der Waals surface area contributed by atoms with Gasteiger partial charge in [-0.2, -0.15) is 0 Å². The maximum absolute atomic E-state index is 12.5. The van der Waals surface area contributed by atoms with Crippen molar-refractivity contribution in [3.63, 3.8) is 0 Å². The van der Waals surface area contributed by atoms with Crippen molar-refractivity contribution in [2.24, 2.45) is 0 Å². The largest absolute Gasteiger partial charge is 0.480 e. The normalized spacial score (nSPS) is 18.4. The third-order valence-corrected chi connectivity index (χ3v) is 3.35. The van der Waals surface area contributed by atoms with E-state index in [1.807, 2.05) is 13.8 Å². The molecular weight excluding hydrogens is 312 g/mol. The molecule has 0 aliphatic carbocycles. The number of aromatic nitrogens is 1. The number of nitrogens with zero attached hydrogens (tertiary/aromatic N) is 2. The molecule has 1 aliphatic rings. The summed E-state index contributed by atoms with van der Waals surface area (Å²) in [4.78, 5) is 29.0. The fourth-order valence-electron chi connectivity index (χ4n) is 2.07. The first-order valence-electron chi connectivity index (χ1n) is 6.84. The first-order chi connectivity index (χ1) is 10.4. The van der Waals surface area contributed by atoms with Gasteiger partial charge in [-0.1, -0.05) is 11.6 Å². The molecule has 0 saturated carbocycles. The van der Waals surface area contributed by atoms with Crippen molar-refractivity contribution in [3.05, 3.63) is 22.8 Å². The van der Waals surface area contributed by atoms with Gasteiger partial charge in [0.2, 0.25) is 5.88 Å². The van der Waals surface area contributed by atoms with Gasteiger partial charge >= 0.3 is 5.97 Å². The van der Waals surface area contributed by atoms with Crippen LogP contribution in [0.4, 0.5) is 0 Å². The van der Waals surface area contributed by atoms with Crippen LogP contribution in [0.5, 0.6) is 5.88 Å². The Morgan fingerprint density at radius 2 is 2.27 bits per heavy atom. The quantitative estimate of drug-likeness (QED) is 0.899. The first-order valence-corrected chi connectivity index (χ1v) is 7.21. The van der Waals surface area contributed by atoms with Crippen LogP contribution in [0.25, 0.3) is 0 Å². The van der Waals surface area contributed by atoms with Crippen LogP contribution in [0.15, 0.2) is 12.3 Å². The molecule has 2 heterocycles. The molecule has 1 aromatic heterocycles. The van der Waals surface area contributed by atoms with Crippen molar-refractivity contribution in [1.82, 2.24) is 9.88 Å². The van der Waals surface area contributed by atoms with Gasteiger partial charge in [-0.05, 0) is 19.9 Å². The summed E-state index contributed by atoms with van der Waals surface area (Å²) < 4.78 is 10.5. The van der Waals surface area contributed by atoms with E-state index in [2.05, 4.69) is 4.98 Å². The zero-order chi connectivity index (χ0) is 16.3. The number of pyridine rings is 1. The number of morpholine rings is 1. The Morgan fingerprint density at radius 3 is 2.86 bits per heavy atom. The first kappa shape index (κ1) is 16.5. The van der Waals surface area contributed by atoms with Crippen molar-refractivity contribution in [2.75, 3.05) is 19.8 Å². The highest BCUT2D eigenvalue weighted by Gasteiger charge is 2.33. The number of rotatable bonds is 4. The van der Waals surface area contributed by atoms with Crippen LogP contribution < -0.4 is 4.74 Å². The van der Waals surface area contributed by atoms with Crippen LogP contribution in [0, 0.1) is 0 Å². The molecule has 8 heteroatoms. The second kappa shape index (κ2) is 6.93. The van der Waals surface area contributed by atoms with Gasteiger partial charge in [0.1, 0.15) is 5.02 Å². The highest BCUT2D eigenvalue weighted by Crippen LogP contribution is 2.24. The summed E-state index contributed by atoms with van der Waals surface area (Å²) in [5.74, 6) is -1.31. The van der Waals surface area contributed by atoms with E-state index in [4.69, 9.17) is 26.2 Å². The molecule has 7 nitrogen and oxygen atoms in total. The van der Waals surface area contributed by atoms with Gasteiger partial charge < -0.3 is 19.5 Å². The number of halogens is 1. The summed E-state index contributed by atoms with van der Waals surface area (Å²) in [7, 11) is 0. The van der Waals surface area contributed by atoms with Crippen LogP contribution in [0.3, 0.4) is 0 Å². The van der Waals surface area contributed by atoms with Crippen molar-refractivity contribution in [3.8, 4) is 5.88 Å². The Labute approximate surface area is 132 Å². The summed E-state index contributed by atoms with van der Waals surface area (Å²) >= 11 is 6.06. The molecule has 1 N–H and O–H groups in total. The van der Waals surface area contributed by atoms with E-state index in [0.29, 0.717) is 6.61 Å². The van der Waals surface area contributed by atoms with E-state index in [0.717, 1.165) is 0 Å². The number of carboxylic acids is 1. The molecule has 1 aromatic rings. The fourth-order valence-corrected chi connectivity index (χ4v) is 2.28. The highest BCUT2D eigenvalue weighted by atomic mass is 35.5. The van der Waals surface area contributed by atoms with Crippen LogP contribution in [-0.2, 0) is 9.53 Å². The molecule has 1 amide bonds. The molecule has 0 bridgehead atoms. The molecule has 0 radical (unpaired) electrons. The summed E-state index contributed by atoms with van der Waals surface area (Å²) in [5, 5.41) is 9.37. The number of hydrogen-bond donors (Lipinski definition) is 1. The van der Waals surface area contributed by atoms with Crippen molar-refractivity contribution in [1.29, 1.82) is 0 Å². The van der Waals surface area contributed by atoms with Crippen LogP contribution in [0.1, 0.15) is 24.2 Å². The minimum absolute atomic E-state index is 0.0310. The number of amides is 1. The lowest BCUT2D eigenvalue weighted by Crippen LogP contribution is -2.52. The van der Waals surface area contributed by atoms with E-state index >= 15 is 0 Å². The summed E-state index contributed by atoms with van der Waals surface area (Å²) in [6.07, 6.45) is 1.24. The summed E-state index contributed by atoms with van der Waals surface area (Å²) in [6.45, 7) is 4.14. The monoisotopic (exact) mass is 328 g/mol. The molecule has 22 heavy (non-hydrogen) atoms. The highest BCUT2D eigenvalue weighted by molar-refractivity contribution is 6.32. The van der Waals surface area contributed by atoms with Gasteiger partial charge in [-0.3, -0.25) is 4.79 Å². The van der Waals surface area contributed by atoms with Crippen LogP contribution in [-0.4, -0.2) is 58.8 Å². The zero-order valence-corrected chi connectivity index (χ0v) is 13.0. The number of carbonyl (C=O) groups is 2. The smallest absolute Gasteiger partial charge is 0.328 e. The Kier molecular flexibility index (Phi) is 5.20. The predicted molar refractivity (Wildman–Crippen MR) is 78.3 cm³/mol. The molecule has 0 unspecified atom stereocenters. The summed E-state index contributed by atoms with van der Waals surface area (Å²) in [6, 6.07) is 0.426. The van der Waals surface area contributed by atoms with Gasteiger partial charge in [0.05, 0.1) is 24.9 Å². The third-order valence-electron chi connectivity index (χ3n) is 3.08. The molecular formula is C14H17ClN2O5. The second-order valence-corrected chi connectivity index (χ2v) is 5.51. The van der Waals surface area contributed by atoms with Gasteiger partial charge in [0.25, 0.3) is 5.91 Å². The Hall–Kier alpha value is -1.86. The number of aliphatic carboxylic acids is 1.